The van der Waals surface area contributed by atoms with Gasteiger partial charge in [0.15, 0.2) is 0 Å². The van der Waals surface area contributed by atoms with Crippen LogP contribution in [0.5, 0.6) is 5.75 Å². The molecule has 0 saturated carbocycles. The van der Waals surface area contributed by atoms with Gasteiger partial charge in [-0.1, -0.05) is 11.6 Å². The molecule has 3 N–H and O–H groups in total. The van der Waals surface area contributed by atoms with Gasteiger partial charge in [0.2, 0.25) is 5.91 Å². The van der Waals surface area contributed by atoms with Gasteiger partial charge in [0, 0.05) is 17.0 Å². The summed E-state index contributed by atoms with van der Waals surface area (Å²) in [7, 11) is 0. The van der Waals surface area contributed by atoms with Crippen molar-refractivity contribution in [2.24, 2.45) is 5.10 Å². The van der Waals surface area contributed by atoms with Crippen LogP contribution in [0.3, 0.4) is 0 Å². The average Bonchev–Trinajstić information content (AvgIpc) is 2.61. The Morgan fingerprint density at radius 1 is 1.14 bits per heavy atom. The molecule has 6 nitrogen and oxygen atoms in total. The van der Waals surface area contributed by atoms with E-state index in [1.807, 2.05) is 0 Å². The molecule has 0 spiro atoms. The van der Waals surface area contributed by atoms with Crippen LogP contribution < -0.4 is 10.7 Å². The number of nitrogens with one attached hydrogen (secondary N) is 2. The molecule has 0 saturated heterocycles. The number of nitrogens with zero attached hydrogens (tertiary/aromatic N) is 1. The zero-order chi connectivity index (χ0) is 20.9. The zero-order valence-corrected chi connectivity index (χ0v) is 15.2. The van der Waals surface area contributed by atoms with Gasteiger partial charge < -0.3 is 10.4 Å². The summed E-state index contributed by atoms with van der Waals surface area (Å²) in [6.07, 6.45) is -4.90. The number of hydrazone groups is 1. The fourth-order valence-electron chi connectivity index (χ4n) is 2.12. The number of aromatic hydroxyl groups is 1. The number of halogens is 4. The molecule has 0 heterocycles. The minimum Gasteiger partial charge on any atom is -0.508 e. The highest BCUT2D eigenvalue weighted by molar-refractivity contribution is 6.31. The van der Waals surface area contributed by atoms with E-state index in [4.69, 9.17) is 11.6 Å². The number of anilines is 1. The highest BCUT2D eigenvalue weighted by Gasteiger charge is 2.33. The van der Waals surface area contributed by atoms with E-state index in [9.17, 15) is 27.9 Å². The smallest absolute Gasteiger partial charge is 0.417 e. The third kappa shape index (κ3) is 5.98. The number of hydrogen-bond acceptors (Lipinski definition) is 4. The molecule has 0 atom stereocenters. The van der Waals surface area contributed by atoms with Crippen LogP contribution in [-0.2, 0) is 11.0 Å². The van der Waals surface area contributed by atoms with Crippen molar-refractivity contribution in [2.45, 2.75) is 19.5 Å². The molecule has 2 amide bonds. The van der Waals surface area contributed by atoms with Crippen LogP contribution >= 0.6 is 11.6 Å². The van der Waals surface area contributed by atoms with Crippen molar-refractivity contribution >= 4 is 34.8 Å². The zero-order valence-electron chi connectivity index (χ0n) is 14.5. The molecule has 28 heavy (non-hydrogen) atoms. The molecule has 0 unspecified atom stereocenters. The lowest BCUT2D eigenvalue weighted by Gasteiger charge is -2.11. The fraction of sp³-hybridized carbons (Fsp3) is 0.167. The van der Waals surface area contributed by atoms with Crippen molar-refractivity contribution in [2.75, 3.05) is 5.32 Å². The number of rotatable bonds is 5. The minimum absolute atomic E-state index is 0.00350. The van der Waals surface area contributed by atoms with Crippen molar-refractivity contribution in [3.05, 3.63) is 58.6 Å². The summed E-state index contributed by atoms with van der Waals surface area (Å²) >= 11 is 5.53. The van der Waals surface area contributed by atoms with Gasteiger partial charge in [0.25, 0.3) is 5.91 Å². The van der Waals surface area contributed by atoms with E-state index in [0.29, 0.717) is 0 Å². The molecule has 2 rings (SSSR count). The van der Waals surface area contributed by atoms with Crippen molar-refractivity contribution in [3.63, 3.8) is 0 Å². The number of alkyl halides is 3. The number of hydrogen-bond donors (Lipinski definition) is 3. The summed E-state index contributed by atoms with van der Waals surface area (Å²) in [5.41, 5.74) is 1.60. The second-order valence-electron chi connectivity index (χ2n) is 5.75. The van der Waals surface area contributed by atoms with E-state index in [0.717, 1.165) is 12.1 Å². The van der Waals surface area contributed by atoms with Crippen LogP contribution in [0, 0.1) is 0 Å². The maximum Gasteiger partial charge on any atom is 0.417 e. The minimum atomic E-state index is -4.65. The maximum absolute atomic E-state index is 12.8. The molecule has 148 valence electrons. The highest BCUT2D eigenvalue weighted by atomic mass is 35.5. The normalized spacial score (nSPS) is 11.8. The molecular formula is C18H15ClF3N3O3. The molecule has 2 aromatic carbocycles. The predicted octanol–water partition coefficient (Wildman–Crippen LogP) is 4.20. The van der Waals surface area contributed by atoms with Gasteiger partial charge in [-0.05, 0) is 49.4 Å². The third-order valence-electron chi connectivity index (χ3n) is 3.45. The second-order valence-corrected chi connectivity index (χ2v) is 6.16. The standard InChI is InChI=1S/C18H15ClF3N3O3/c1-10(24-25-17(28)11-2-5-13(26)6-3-11)8-16(27)23-12-4-7-15(19)14(9-12)18(20,21)22/h2-7,9,26H,8H2,1H3,(H,23,27)(H,25,28)/b24-10-. The summed E-state index contributed by atoms with van der Waals surface area (Å²) in [6, 6.07) is 8.47. The van der Waals surface area contributed by atoms with Crippen molar-refractivity contribution < 1.29 is 27.9 Å². The van der Waals surface area contributed by atoms with Crippen LogP contribution in [-0.4, -0.2) is 22.6 Å². The molecule has 0 aliphatic heterocycles. The molecule has 2 aromatic rings. The molecule has 0 aliphatic carbocycles. The Balaban J connectivity index is 1.96. The van der Waals surface area contributed by atoms with Gasteiger partial charge in [0.1, 0.15) is 5.75 Å². The number of benzene rings is 2. The van der Waals surface area contributed by atoms with Gasteiger partial charge >= 0.3 is 6.18 Å². The van der Waals surface area contributed by atoms with E-state index in [1.54, 1.807) is 0 Å². The molecule has 0 aliphatic rings. The van der Waals surface area contributed by atoms with Crippen molar-refractivity contribution in [3.8, 4) is 5.75 Å². The van der Waals surface area contributed by atoms with Crippen LogP contribution in [0.15, 0.2) is 47.6 Å². The van der Waals surface area contributed by atoms with E-state index in [-0.39, 0.29) is 29.1 Å². The molecule has 0 radical (unpaired) electrons. The van der Waals surface area contributed by atoms with Crippen LogP contribution in [0.2, 0.25) is 5.02 Å². The number of amides is 2. The lowest BCUT2D eigenvalue weighted by molar-refractivity contribution is -0.137. The summed E-state index contributed by atoms with van der Waals surface area (Å²) in [5, 5.41) is 14.8. The Bertz CT molecular complexity index is 913. The van der Waals surface area contributed by atoms with Crippen LogP contribution in [0.1, 0.15) is 29.3 Å². The third-order valence-corrected chi connectivity index (χ3v) is 3.78. The van der Waals surface area contributed by atoms with Crippen molar-refractivity contribution in [1.29, 1.82) is 0 Å². The quantitative estimate of drug-likeness (QED) is 0.507. The number of phenolic OH excluding ortho intramolecular Hbond substituents is 1. The molecule has 0 fully saturated rings. The van der Waals surface area contributed by atoms with Crippen LogP contribution in [0.4, 0.5) is 18.9 Å². The van der Waals surface area contributed by atoms with E-state index >= 15 is 0 Å². The Labute approximate surface area is 163 Å². The van der Waals surface area contributed by atoms with E-state index in [2.05, 4.69) is 15.8 Å². The first-order valence-electron chi connectivity index (χ1n) is 7.85. The molecule has 10 heteroatoms. The molecule has 0 bridgehead atoms. The second kappa shape index (κ2) is 8.75. The number of phenols is 1. The lowest BCUT2D eigenvalue weighted by atomic mass is 10.2. The van der Waals surface area contributed by atoms with Gasteiger partial charge in [-0.2, -0.15) is 18.3 Å². The van der Waals surface area contributed by atoms with Gasteiger partial charge in [0.05, 0.1) is 17.0 Å². The molecular weight excluding hydrogens is 399 g/mol. The maximum atomic E-state index is 12.8. The Hall–Kier alpha value is -3.07. The summed E-state index contributed by atoms with van der Waals surface area (Å²) in [5.74, 6) is -1.16. The Morgan fingerprint density at radius 3 is 2.39 bits per heavy atom. The van der Waals surface area contributed by atoms with Gasteiger partial charge in [-0.15, -0.1) is 0 Å². The summed E-state index contributed by atoms with van der Waals surface area (Å²) < 4.78 is 38.5. The summed E-state index contributed by atoms with van der Waals surface area (Å²) in [4.78, 5) is 23.9. The topological polar surface area (TPSA) is 90.8 Å². The average molecular weight is 414 g/mol. The highest BCUT2D eigenvalue weighted by Crippen LogP contribution is 2.36. The molecule has 0 aromatic heterocycles. The first-order chi connectivity index (χ1) is 13.1. The van der Waals surface area contributed by atoms with E-state index in [1.165, 1.54) is 37.3 Å². The van der Waals surface area contributed by atoms with Gasteiger partial charge in [-0.3, -0.25) is 9.59 Å². The Kier molecular flexibility index (Phi) is 6.63. The van der Waals surface area contributed by atoms with E-state index < -0.39 is 28.6 Å². The van der Waals surface area contributed by atoms with Gasteiger partial charge in [-0.25, -0.2) is 5.43 Å². The lowest BCUT2D eigenvalue weighted by Crippen LogP contribution is -2.21. The van der Waals surface area contributed by atoms with Crippen LogP contribution in [0.25, 0.3) is 0 Å². The first kappa shape index (κ1) is 21.2. The SMILES string of the molecule is C/C(CC(=O)Nc1ccc(Cl)c(C(F)(F)F)c1)=N/NC(=O)c1ccc(O)cc1. The van der Waals surface area contributed by atoms with Crippen molar-refractivity contribution in [1.82, 2.24) is 5.43 Å². The first-order valence-corrected chi connectivity index (χ1v) is 8.23. The fourth-order valence-corrected chi connectivity index (χ4v) is 2.35. The largest absolute Gasteiger partial charge is 0.508 e. The monoisotopic (exact) mass is 413 g/mol. The predicted molar refractivity (Wildman–Crippen MR) is 98.4 cm³/mol. The number of carbonyl (C=O) groups excluding carboxylic acids is 2. The number of carbonyl (C=O) groups is 2. The summed E-state index contributed by atoms with van der Waals surface area (Å²) in [6.45, 7) is 1.47. The Morgan fingerprint density at radius 2 is 1.79 bits per heavy atom.